The molecular weight excluding hydrogens is 273 g/mol. The smallest absolute Gasteiger partial charge is 0.368 e. The van der Waals surface area contributed by atoms with E-state index >= 15 is 0 Å². The Morgan fingerprint density at radius 2 is 0.455 bits per heavy atom. The van der Waals surface area contributed by atoms with E-state index in [1.165, 1.54) is 0 Å². The van der Waals surface area contributed by atoms with Crippen molar-refractivity contribution in [2.24, 2.45) is 0 Å². The predicted octanol–water partition coefficient (Wildman–Crippen LogP) is -5.22. The maximum atomic E-state index is 7.33. The maximum Gasteiger partial charge on any atom is 0.668 e. The van der Waals surface area contributed by atoms with E-state index in [0.717, 1.165) is 0 Å². The molecule has 0 saturated carbocycles. The van der Waals surface area contributed by atoms with Crippen LogP contribution in [0.25, 0.3) is 0 Å². The molecule has 0 aromatic carbocycles. The van der Waals surface area contributed by atoms with Gasteiger partial charge in [0, 0.05) is 32.7 Å². The van der Waals surface area contributed by atoms with Crippen LogP contribution < -0.4 is 0 Å². The Hall–Kier alpha value is 1.22. The van der Waals surface area contributed by atoms with E-state index in [9.17, 15) is 0 Å². The van der Waals surface area contributed by atoms with Gasteiger partial charge in [-0.1, -0.05) is 0 Å². The van der Waals surface area contributed by atoms with Gasteiger partial charge in [0.2, 0.25) is 0 Å². The molecule has 0 saturated heterocycles. The topological polar surface area (TPSA) is 162 Å². The van der Waals surface area contributed by atoms with Gasteiger partial charge in [-0.2, -0.15) is 0 Å². The monoisotopic (exact) mass is 281 g/mol. The van der Waals surface area contributed by atoms with Crippen molar-refractivity contribution in [3.8, 4) is 0 Å². The molecule has 0 spiro atoms. The minimum atomic E-state index is -4.61. The molecule has 11 heteroatoms. The summed E-state index contributed by atoms with van der Waals surface area (Å²) in [5.41, 5.74) is 0. The normalized spacial score (nSPS) is 10.9. The van der Waals surface area contributed by atoms with Crippen molar-refractivity contribution < 1.29 is 71.1 Å². The molecule has 0 unspecified atom stereocenters. The van der Waals surface area contributed by atoms with E-state index < -0.39 is 18.1 Å². The molecule has 0 aromatic heterocycles. The van der Waals surface area contributed by atoms with Gasteiger partial charge in [-0.3, -0.25) is 0 Å². The third kappa shape index (κ3) is 643. The molecule has 0 aromatic rings. The van der Waals surface area contributed by atoms with E-state index in [0.29, 0.717) is 0 Å². The Morgan fingerprint density at radius 3 is 0.455 bits per heavy atom. The Kier molecular flexibility index (Phi) is 11.0. The fraction of sp³-hybridized carbons (Fsp3) is 0. The molecule has 0 aliphatic heterocycles. The van der Waals surface area contributed by atoms with Crippen LogP contribution in [-0.2, 0) is 32.7 Å². The summed E-state index contributed by atoms with van der Waals surface area (Å²) < 4.78 is 0. The summed E-state index contributed by atoms with van der Waals surface area (Å²) in [6, 6.07) is 0. The summed E-state index contributed by atoms with van der Waals surface area (Å²) in [7, 11) is -9.22. The zero-order valence-corrected chi connectivity index (χ0v) is 9.99. The van der Waals surface area contributed by atoms with Crippen LogP contribution in [0.2, 0.25) is 0 Å². The van der Waals surface area contributed by atoms with Crippen molar-refractivity contribution in [3.05, 3.63) is 0 Å². The molecular formula is H8O8Si2Y. The molecule has 0 aliphatic rings. The molecule has 0 rings (SSSR count). The number of hydrogen-bond donors (Lipinski definition) is 8. The van der Waals surface area contributed by atoms with E-state index in [4.69, 9.17) is 38.4 Å². The van der Waals surface area contributed by atoms with E-state index in [2.05, 4.69) is 0 Å². The Balaban J connectivity index is -0.000000107. The standard InChI is InChI=1S/2H4O4Si.Y/c2*1-5(2,3)4;/h2*1-4H;. The van der Waals surface area contributed by atoms with Gasteiger partial charge >= 0.3 is 18.1 Å². The molecule has 67 valence electrons. The first-order valence-corrected chi connectivity index (χ1v) is 5.37. The van der Waals surface area contributed by atoms with Crippen molar-refractivity contribution in [2.75, 3.05) is 0 Å². The van der Waals surface area contributed by atoms with Crippen LogP contribution in [-0.4, -0.2) is 56.5 Å². The Morgan fingerprint density at radius 1 is 0.455 bits per heavy atom. The molecule has 0 heterocycles. The third-order valence-corrected chi connectivity index (χ3v) is 0. The summed E-state index contributed by atoms with van der Waals surface area (Å²) in [6.45, 7) is 0. The molecule has 8 N–H and O–H groups in total. The molecule has 11 heavy (non-hydrogen) atoms. The molecule has 0 atom stereocenters. The largest absolute Gasteiger partial charge is 0.668 e. The summed E-state index contributed by atoms with van der Waals surface area (Å²) in [4.78, 5) is 58.6. The van der Waals surface area contributed by atoms with Crippen LogP contribution in [0.5, 0.6) is 0 Å². The van der Waals surface area contributed by atoms with Crippen molar-refractivity contribution in [2.45, 2.75) is 0 Å². The molecule has 0 fully saturated rings. The van der Waals surface area contributed by atoms with E-state index in [-0.39, 0.29) is 32.7 Å². The second-order valence-corrected chi connectivity index (χ2v) is 3.60. The molecule has 0 bridgehead atoms. The van der Waals surface area contributed by atoms with Crippen molar-refractivity contribution >= 4 is 18.1 Å². The second kappa shape index (κ2) is 6.70. The van der Waals surface area contributed by atoms with Gasteiger partial charge in [-0.15, -0.1) is 0 Å². The summed E-state index contributed by atoms with van der Waals surface area (Å²) in [5, 5.41) is 0. The van der Waals surface area contributed by atoms with Crippen LogP contribution in [0, 0.1) is 0 Å². The van der Waals surface area contributed by atoms with E-state index in [1.54, 1.807) is 0 Å². The summed E-state index contributed by atoms with van der Waals surface area (Å²) in [5.74, 6) is 0. The predicted molar refractivity (Wildman–Crippen MR) is 29.3 cm³/mol. The van der Waals surface area contributed by atoms with Crippen molar-refractivity contribution in [1.29, 1.82) is 0 Å². The molecule has 0 amide bonds. The SMILES string of the molecule is O[Si](O)(O)O.O[Si](O)(O)O.[Y]. The number of hydrogen-bond acceptors (Lipinski definition) is 8. The first kappa shape index (κ1) is 18.1. The molecule has 1 radical (unpaired) electrons. The molecule has 8 nitrogen and oxygen atoms in total. The zero-order valence-electron chi connectivity index (χ0n) is 5.16. The van der Waals surface area contributed by atoms with Crippen LogP contribution in [0.3, 0.4) is 0 Å². The second-order valence-electron chi connectivity index (χ2n) is 1.20. The first-order chi connectivity index (χ1) is 4.00. The third-order valence-electron chi connectivity index (χ3n) is 0. The average molecular weight is 281 g/mol. The van der Waals surface area contributed by atoms with Crippen LogP contribution in [0.15, 0.2) is 0 Å². The van der Waals surface area contributed by atoms with Gasteiger partial charge < -0.3 is 38.4 Å². The first-order valence-electron chi connectivity index (χ1n) is 1.79. The average Bonchev–Trinajstić information content (AvgIpc) is 1.12. The fourth-order valence-corrected chi connectivity index (χ4v) is 0. The van der Waals surface area contributed by atoms with Gasteiger partial charge in [0.1, 0.15) is 0 Å². The maximum absolute atomic E-state index is 7.33. The van der Waals surface area contributed by atoms with Crippen molar-refractivity contribution in [3.63, 3.8) is 0 Å². The van der Waals surface area contributed by atoms with Crippen LogP contribution in [0.4, 0.5) is 0 Å². The number of rotatable bonds is 0. The van der Waals surface area contributed by atoms with Crippen LogP contribution in [0.1, 0.15) is 0 Å². The minimum Gasteiger partial charge on any atom is -0.368 e. The van der Waals surface area contributed by atoms with Gasteiger partial charge in [0.05, 0.1) is 0 Å². The fourth-order valence-electron chi connectivity index (χ4n) is 0. The van der Waals surface area contributed by atoms with Crippen LogP contribution >= 0.6 is 0 Å². The molecule has 0 aliphatic carbocycles. The van der Waals surface area contributed by atoms with E-state index in [1.807, 2.05) is 0 Å². The Bertz CT molecular complexity index is 55.1. The van der Waals surface area contributed by atoms with Gasteiger partial charge in [-0.25, -0.2) is 0 Å². The van der Waals surface area contributed by atoms with Gasteiger partial charge in [0.25, 0.3) is 0 Å². The van der Waals surface area contributed by atoms with Gasteiger partial charge in [0.15, 0.2) is 0 Å². The minimum absolute atomic E-state index is 0. The Labute approximate surface area is 88.9 Å². The van der Waals surface area contributed by atoms with Crippen molar-refractivity contribution in [1.82, 2.24) is 0 Å². The summed E-state index contributed by atoms with van der Waals surface area (Å²) in [6.07, 6.45) is 0. The zero-order chi connectivity index (χ0) is 9.00. The quantitative estimate of drug-likeness (QED) is 0.204. The van der Waals surface area contributed by atoms with Gasteiger partial charge in [-0.05, 0) is 0 Å². The summed E-state index contributed by atoms with van der Waals surface area (Å²) >= 11 is 0.